The maximum atomic E-state index is 12.1. The highest BCUT2D eigenvalue weighted by Crippen LogP contribution is 2.26. The first-order valence-electron chi connectivity index (χ1n) is 7.21. The van der Waals surface area contributed by atoms with E-state index in [4.69, 9.17) is 5.11 Å². The molecular formula is C14H26N2O3S. The number of hydrogen-bond donors (Lipinski definition) is 2. The summed E-state index contributed by atoms with van der Waals surface area (Å²) >= 11 is 1.73. The molecule has 6 heteroatoms. The van der Waals surface area contributed by atoms with Crippen LogP contribution in [0.4, 0.5) is 4.79 Å². The lowest BCUT2D eigenvalue weighted by molar-refractivity contribution is -0.138. The normalized spacial score (nSPS) is 22.1. The van der Waals surface area contributed by atoms with E-state index in [0.29, 0.717) is 24.3 Å². The highest BCUT2D eigenvalue weighted by molar-refractivity contribution is 7.99. The molecule has 116 valence electrons. The molecular weight excluding hydrogens is 276 g/mol. The van der Waals surface area contributed by atoms with Crippen LogP contribution in [0.3, 0.4) is 0 Å². The summed E-state index contributed by atoms with van der Waals surface area (Å²) < 4.78 is 0. The number of carbonyl (C=O) groups is 2. The van der Waals surface area contributed by atoms with Gasteiger partial charge >= 0.3 is 12.0 Å². The largest absolute Gasteiger partial charge is 0.481 e. The Hall–Kier alpha value is -0.910. The second-order valence-electron chi connectivity index (χ2n) is 5.66. The molecule has 2 N–H and O–H groups in total. The Labute approximate surface area is 125 Å². The average molecular weight is 302 g/mol. The fourth-order valence-electron chi connectivity index (χ4n) is 2.53. The summed E-state index contributed by atoms with van der Waals surface area (Å²) in [7, 11) is 0. The number of likely N-dealkylation sites (tertiary alicyclic amines) is 1. The van der Waals surface area contributed by atoms with E-state index < -0.39 is 5.97 Å². The monoisotopic (exact) mass is 302 g/mol. The van der Waals surface area contributed by atoms with Gasteiger partial charge in [-0.05, 0) is 30.9 Å². The van der Waals surface area contributed by atoms with Crippen molar-refractivity contribution in [3.05, 3.63) is 0 Å². The van der Waals surface area contributed by atoms with Gasteiger partial charge in [-0.3, -0.25) is 4.79 Å². The molecule has 1 rings (SSSR count). The molecule has 20 heavy (non-hydrogen) atoms. The summed E-state index contributed by atoms with van der Waals surface area (Å²) in [6, 6.07) is -0.0156. The number of carboxylic acids is 1. The molecule has 0 aromatic heterocycles. The molecule has 0 bridgehead atoms. The average Bonchev–Trinajstić information content (AvgIpc) is 2.43. The molecule has 0 spiro atoms. The van der Waals surface area contributed by atoms with Crippen LogP contribution in [0.5, 0.6) is 0 Å². The number of hydrogen-bond acceptors (Lipinski definition) is 3. The number of urea groups is 1. The van der Waals surface area contributed by atoms with Crippen molar-refractivity contribution >= 4 is 23.8 Å². The summed E-state index contributed by atoms with van der Waals surface area (Å²) in [5.41, 5.74) is 0. The zero-order valence-corrected chi connectivity index (χ0v) is 13.4. The summed E-state index contributed by atoms with van der Waals surface area (Å²) in [5, 5.41) is 12.2. The maximum Gasteiger partial charge on any atom is 0.317 e. The van der Waals surface area contributed by atoms with Crippen molar-refractivity contribution in [1.29, 1.82) is 0 Å². The summed E-state index contributed by atoms with van der Waals surface area (Å²) in [5.74, 6) is -0.343. The van der Waals surface area contributed by atoms with Crippen LogP contribution in [-0.2, 0) is 4.79 Å². The molecule has 0 aromatic carbocycles. The topological polar surface area (TPSA) is 69.6 Å². The van der Waals surface area contributed by atoms with Gasteiger partial charge in [-0.25, -0.2) is 4.79 Å². The zero-order valence-electron chi connectivity index (χ0n) is 12.6. The molecule has 1 heterocycles. The van der Waals surface area contributed by atoms with Crippen LogP contribution >= 0.6 is 11.8 Å². The summed E-state index contributed by atoms with van der Waals surface area (Å²) in [6.07, 6.45) is 4.19. The molecule has 5 nitrogen and oxygen atoms in total. The van der Waals surface area contributed by atoms with E-state index in [9.17, 15) is 9.59 Å². The van der Waals surface area contributed by atoms with Gasteiger partial charge in [0.15, 0.2) is 0 Å². The summed E-state index contributed by atoms with van der Waals surface area (Å²) in [6.45, 7) is 6.17. The number of piperidine rings is 1. The molecule has 1 aliphatic rings. The predicted molar refractivity (Wildman–Crippen MR) is 82.1 cm³/mol. The van der Waals surface area contributed by atoms with E-state index in [1.807, 2.05) is 18.1 Å². The smallest absolute Gasteiger partial charge is 0.317 e. The van der Waals surface area contributed by atoms with Crippen molar-refractivity contribution in [3.63, 3.8) is 0 Å². The highest BCUT2D eigenvalue weighted by atomic mass is 32.2. The second-order valence-corrected chi connectivity index (χ2v) is 6.93. The third kappa shape index (κ3) is 5.61. The lowest BCUT2D eigenvalue weighted by Gasteiger charge is -2.35. The Bertz CT molecular complexity index is 338. The van der Waals surface area contributed by atoms with Gasteiger partial charge in [0.1, 0.15) is 0 Å². The lowest BCUT2D eigenvalue weighted by atomic mass is 9.85. The molecule has 1 aliphatic heterocycles. The van der Waals surface area contributed by atoms with E-state index in [1.54, 1.807) is 11.8 Å². The number of thioether (sulfide) groups is 1. The van der Waals surface area contributed by atoms with Gasteiger partial charge < -0.3 is 15.3 Å². The Balaban J connectivity index is 2.43. The number of nitrogens with zero attached hydrogens (tertiary/aromatic N) is 1. The SMILES string of the molecule is CSC(C)CNC(=O)N1CCCC(C(C)CC(=O)O)C1. The molecule has 1 fully saturated rings. The van der Waals surface area contributed by atoms with Gasteiger partial charge in [0.25, 0.3) is 0 Å². The number of aliphatic carboxylic acids is 1. The maximum absolute atomic E-state index is 12.1. The number of nitrogens with one attached hydrogen (secondary N) is 1. The van der Waals surface area contributed by atoms with Crippen molar-refractivity contribution in [2.45, 2.75) is 38.4 Å². The third-order valence-corrected chi connectivity index (χ3v) is 4.96. The predicted octanol–water partition coefficient (Wildman–Crippen LogP) is 2.27. The van der Waals surface area contributed by atoms with E-state index in [1.165, 1.54) is 0 Å². The Kier molecular flexibility index (Phi) is 7.19. The molecule has 0 aliphatic carbocycles. The fourth-order valence-corrected chi connectivity index (χ4v) is 2.78. The standard InChI is InChI=1S/C14H26N2O3S/c1-10(7-13(17)18)12-5-4-6-16(9-12)14(19)15-8-11(2)20-3/h10-12H,4-9H2,1-3H3,(H,15,19)(H,17,18). The van der Waals surface area contributed by atoms with E-state index in [-0.39, 0.29) is 18.4 Å². The quantitative estimate of drug-likeness (QED) is 0.789. The Morgan fingerprint density at radius 3 is 2.75 bits per heavy atom. The van der Waals surface area contributed by atoms with Crippen molar-refractivity contribution in [3.8, 4) is 0 Å². The second kappa shape index (κ2) is 8.39. The minimum Gasteiger partial charge on any atom is -0.481 e. The number of carbonyl (C=O) groups excluding carboxylic acids is 1. The van der Waals surface area contributed by atoms with E-state index in [0.717, 1.165) is 19.4 Å². The van der Waals surface area contributed by atoms with Crippen molar-refractivity contribution in [2.24, 2.45) is 11.8 Å². The molecule has 3 atom stereocenters. The van der Waals surface area contributed by atoms with Gasteiger partial charge in [0.2, 0.25) is 0 Å². The van der Waals surface area contributed by atoms with Crippen molar-refractivity contribution < 1.29 is 14.7 Å². The van der Waals surface area contributed by atoms with Gasteiger partial charge in [-0.15, -0.1) is 0 Å². The Morgan fingerprint density at radius 1 is 1.45 bits per heavy atom. The molecule has 0 saturated carbocycles. The fraction of sp³-hybridized carbons (Fsp3) is 0.857. The number of amides is 2. The van der Waals surface area contributed by atoms with Crippen molar-refractivity contribution in [1.82, 2.24) is 10.2 Å². The first-order valence-corrected chi connectivity index (χ1v) is 8.50. The van der Waals surface area contributed by atoms with Crippen LogP contribution in [0.25, 0.3) is 0 Å². The van der Waals surface area contributed by atoms with Crippen LogP contribution < -0.4 is 5.32 Å². The third-order valence-electron chi connectivity index (χ3n) is 3.99. The zero-order chi connectivity index (χ0) is 15.1. The highest BCUT2D eigenvalue weighted by Gasteiger charge is 2.28. The molecule has 1 saturated heterocycles. The van der Waals surface area contributed by atoms with Crippen LogP contribution in [-0.4, -0.2) is 53.1 Å². The van der Waals surface area contributed by atoms with Crippen molar-refractivity contribution in [2.75, 3.05) is 25.9 Å². The number of rotatable bonds is 6. The first kappa shape index (κ1) is 17.1. The molecule has 0 radical (unpaired) electrons. The first-order chi connectivity index (χ1) is 9.43. The van der Waals surface area contributed by atoms with E-state index in [2.05, 4.69) is 12.2 Å². The van der Waals surface area contributed by atoms with E-state index >= 15 is 0 Å². The van der Waals surface area contributed by atoms with Crippen LogP contribution in [0.1, 0.15) is 33.1 Å². The van der Waals surface area contributed by atoms with Gasteiger partial charge in [-0.2, -0.15) is 11.8 Å². The van der Waals surface area contributed by atoms with Crippen LogP contribution in [0, 0.1) is 11.8 Å². The van der Waals surface area contributed by atoms with Crippen LogP contribution in [0.15, 0.2) is 0 Å². The minimum atomic E-state index is -0.757. The molecule has 3 unspecified atom stereocenters. The van der Waals surface area contributed by atoms with Gasteiger partial charge in [0.05, 0.1) is 0 Å². The minimum absolute atomic E-state index is 0.0156. The van der Waals surface area contributed by atoms with Crippen LogP contribution in [0.2, 0.25) is 0 Å². The van der Waals surface area contributed by atoms with Gasteiger partial charge in [0, 0.05) is 31.3 Å². The summed E-state index contributed by atoms with van der Waals surface area (Å²) in [4.78, 5) is 24.7. The molecule has 2 amide bonds. The Morgan fingerprint density at radius 2 is 2.15 bits per heavy atom. The lowest BCUT2D eigenvalue weighted by Crippen LogP contribution is -2.47. The van der Waals surface area contributed by atoms with Gasteiger partial charge in [-0.1, -0.05) is 13.8 Å². The number of carboxylic acid groups (broad SMARTS) is 1. The molecule has 0 aromatic rings.